The second-order valence-electron chi connectivity index (χ2n) is 4.03. The van der Waals surface area contributed by atoms with Crippen molar-refractivity contribution in [1.82, 2.24) is 0 Å². The summed E-state index contributed by atoms with van der Waals surface area (Å²) in [6.45, 7) is 6.61. The van der Waals surface area contributed by atoms with E-state index in [4.69, 9.17) is 9.29 Å². The van der Waals surface area contributed by atoms with Crippen LogP contribution in [0.2, 0.25) is 0 Å². The fourth-order valence-corrected chi connectivity index (χ4v) is 1.22. The highest BCUT2D eigenvalue weighted by atomic mass is 32.2. The first-order valence-electron chi connectivity index (χ1n) is 5.16. The third kappa shape index (κ3) is 8.57. The summed E-state index contributed by atoms with van der Waals surface area (Å²) in [4.78, 5) is 11.1. The van der Waals surface area contributed by atoms with Crippen molar-refractivity contribution >= 4 is 17.0 Å². The van der Waals surface area contributed by atoms with E-state index in [1.807, 2.05) is 6.92 Å². The van der Waals surface area contributed by atoms with E-state index < -0.39 is 11.1 Å². The minimum atomic E-state index is -1.81. The quantitative estimate of drug-likeness (QED) is 0.541. The first-order valence-corrected chi connectivity index (χ1v) is 6.44. The lowest BCUT2D eigenvalue weighted by molar-refractivity contribution is -0.145. The summed E-state index contributed by atoms with van der Waals surface area (Å²) in [5.74, 6) is 0.686. The standard InChI is InChI=1S/C10H20O4S/c1-8(2)9(3)7-14-10(11)5-4-6-15(12)13/h8-9H,4-7H2,1-3H3,(H,12,13). The van der Waals surface area contributed by atoms with Crippen LogP contribution in [-0.2, 0) is 20.6 Å². The summed E-state index contributed by atoms with van der Waals surface area (Å²) >= 11 is -1.81. The fourth-order valence-electron chi connectivity index (χ4n) is 0.829. The molecule has 90 valence electrons. The van der Waals surface area contributed by atoms with E-state index >= 15 is 0 Å². The molecule has 5 heteroatoms. The van der Waals surface area contributed by atoms with Crippen molar-refractivity contribution < 1.29 is 18.3 Å². The van der Waals surface area contributed by atoms with Gasteiger partial charge in [0.25, 0.3) is 0 Å². The maximum atomic E-state index is 11.1. The number of hydrogen-bond acceptors (Lipinski definition) is 3. The Kier molecular flexibility index (Phi) is 7.60. The van der Waals surface area contributed by atoms with Crippen LogP contribution in [0.15, 0.2) is 0 Å². The van der Waals surface area contributed by atoms with Crippen molar-refractivity contribution in [2.75, 3.05) is 12.4 Å². The van der Waals surface area contributed by atoms with Gasteiger partial charge in [0.1, 0.15) is 0 Å². The van der Waals surface area contributed by atoms with Crippen LogP contribution >= 0.6 is 0 Å². The average molecular weight is 236 g/mol. The molecule has 0 aromatic rings. The number of rotatable bonds is 7. The third-order valence-corrected chi connectivity index (χ3v) is 2.98. The summed E-state index contributed by atoms with van der Waals surface area (Å²) in [5.41, 5.74) is 0. The van der Waals surface area contributed by atoms with Crippen LogP contribution in [0, 0.1) is 11.8 Å². The molecule has 0 aliphatic rings. The largest absolute Gasteiger partial charge is 0.465 e. The Labute approximate surface area is 93.7 Å². The van der Waals surface area contributed by atoms with E-state index in [1.54, 1.807) is 0 Å². The molecule has 4 nitrogen and oxygen atoms in total. The number of hydrogen-bond donors (Lipinski definition) is 1. The first kappa shape index (κ1) is 14.6. The van der Waals surface area contributed by atoms with Gasteiger partial charge in [0.15, 0.2) is 11.1 Å². The Hall–Kier alpha value is -0.420. The zero-order chi connectivity index (χ0) is 11.8. The predicted octanol–water partition coefficient (Wildman–Crippen LogP) is 1.82. The van der Waals surface area contributed by atoms with E-state index in [-0.39, 0.29) is 18.1 Å². The molecule has 0 radical (unpaired) electrons. The fraction of sp³-hybridized carbons (Fsp3) is 0.900. The minimum Gasteiger partial charge on any atom is -0.465 e. The molecule has 0 rings (SSSR count). The Bertz CT molecular complexity index is 215. The Morgan fingerprint density at radius 2 is 2.00 bits per heavy atom. The topological polar surface area (TPSA) is 63.6 Å². The summed E-state index contributed by atoms with van der Waals surface area (Å²) in [5, 5.41) is 0. The van der Waals surface area contributed by atoms with E-state index in [2.05, 4.69) is 13.8 Å². The molecule has 2 unspecified atom stereocenters. The van der Waals surface area contributed by atoms with Crippen LogP contribution in [0.3, 0.4) is 0 Å². The van der Waals surface area contributed by atoms with Crippen LogP contribution in [0.5, 0.6) is 0 Å². The second-order valence-corrected chi connectivity index (χ2v) is 5.08. The highest BCUT2D eigenvalue weighted by Crippen LogP contribution is 2.10. The van der Waals surface area contributed by atoms with Crippen LogP contribution in [0.4, 0.5) is 0 Å². The van der Waals surface area contributed by atoms with Gasteiger partial charge in [-0.3, -0.25) is 4.79 Å². The van der Waals surface area contributed by atoms with E-state index in [1.165, 1.54) is 0 Å². The number of ether oxygens (including phenoxy) is 1. The summed E-state index contributed by atoms with van der Waals surface area (Å²) < 4.78 is 23.8. The van der Waals surface area contributed by atoms with Crippen molar-refractivity contribution in [1.29, 1.82) is 0 Å². The molecular weight excluding hydrogens is 216 g/mol. The lowest BCUT2D eigenvalue weighted by Gasteiger charge is -2.15. The summed E-state index contributed by atoms with van der Waals surface area (Å²) in [6, 6.07) is 0. The number of carbonyl (C=O) groups excluding carboxylic acids is 1. The lowest BCUT2D eigenvalue weighted by Crippen LogP contribution is -2.16. The number of carbonyl (C=O) groups is 1. The van der Waals surface area contributed by atoms with Crippen molar-refractivity contribution in [3.8, 4) is 0 Å². The van der Waals surface area contributed by atoms with Crippen molar-refractivity contribution in [2.24, 2.45) is 11.8 Å². The maximum Gasteiger partial charge on any atom is 0.305 e. The van der Waals surface area contributed by atoms with Gasteiger partial charge in [0.05, 0.1) is 6.61 Å². The van der Waals surface area contributed by atoms with E-state index in [0.717, 1.165) is 0 Å². The highest BCUT2D eigenvalue weighted by molar-refractivity contribution is 7.79. The Morgan fingerprint density at radius 1 is 1.40 bits per heavy atom. The average Bonchev–Trinajstić information content (AvgIpc) is 2.13. The van der Waals surface area contributed by atoms with Crippen LogP contribution in [-0.4, -0.2) is 27.1 Å². The van der Waals surface area contributed by atoms with Gasteiger partial charge in [0, 0.05) is 12.2 Å². The van der Waals surface area contributed by atoms with Crippen molar-refractivity contribution in [2.45, 2.75) is 33.6 Å². The first-order chi connectivity index (χ1) is 6.93. The summed E-state index contributed by atoms with van der Waals surface area (Å²) in [6.07, 6.45) is 0.620. The Morgan fingerprint density at radius 3 is 2.47 bits per heavy atom. The zero-order valence-corrected chi connectivity index (χ0v) is 10.4. The molecule has 0 fully saturated rings. The molecule has 15 heavy (non-hydrogen) atoms. The predicted molar refractivity (Wildman–Crippen MR) is 59.8 cm³/mol. The molecule has 0 heterocycles. The molecule has 1 N–H and O–H groups in total. The van der Waals surface area contributed by atoms with Gasteiger partial charge in [-0.25, -0.2) is 4.21 Å². The van der Waals surface area contributed by atoms with Crippen LogP contribution in [0.1, 0.15) is 33.6 Å². The van der Waals surface area contributed by atoms with Crippen LogP contribution < -0.4 is 0 Å². The van der Waals surface area contributed by atoms with Gasteiger partial charge < -0.3 is 9.29 Å². The molecule has 0 bridgehead atoms. The smallest absolute Gasteiger partial charge is 0.305 e. The minimum absolute atomic E-state index is 0.134. The van der Waals surface area contributed by atoms with Crippen molar-refractivity contribution in [3.63, 3.8) is 0 Å². The molecule has 0 aromatic heterocycles. The van der Waals surface area contributed by atoms with Gasteiger partial charge in [-0.1, -0.05) is 20.8 Å². The third-order valence-electron chi connectivity index (χ3n) is 2.35. The molecule has 0 aliphatic carbocycles. The van der Waals surface area contributed by atoms with Gasteiger partial charge in [-0.2, -0.15) is 0 Å². The van der Waals surface area contributed by atoms with Crippen molar-refractivity contribution in [3.05, 3.63) is 0 Å². The maximum absolute atomic E-state index is 11.1. The highest BCUT2D eigenvalue weighted by Gasteiger charge is 2.10. The molecule has 0 saturated heterocycles. The number of esters is 1. The molecule has 0 saturated carbocycles. The molecule has 0 amide bonds. The van der Waals surface area contributed by atoms with Gasteiger partial charge in [-0.05, 0) is 18.3 Å². The van der Waals surface area contributed by atoms with Crippen LogP contribution in [0.25, 0.3) is 0 Å². The van der Waals surface area contributed by atoms with Gasteiger partial charge in [0.2, 0.25) is 0 Å². The lowest BCUT2D eigenvalue weighted by atomic mass is 9.99. The Balaban J connectivity index is 3.53. The molecular formula is C10H20O4S. The molecule has 2 atom stereocenters. The molecule has 0 aromatic carbocycles. The monoisotopic (exact) mass is 236 g/mol. The van der Waals surface area contributed by atoms with E-state index in [9.17, 15) is 9.00 Å². The SMILES string of the molecule is CC(C)C(C)COC(=O)CCCS(=O)O. The second kappa shape index (κ2) is 7.82. The zero-order valence-electron chi connectivity index (χ0n) is 9.56. The van der Waals surface area contributed by atoms with Gasteiger partial charge >= 0.3 is 5.97 Å². The summed E-state index contributed by atoms with van der Waals surface area (Å²) in [7, 11) is 0. The molecule has 0 spiro atoms. The molecule has 0 aliphatic heterocycles. The van der Waals surface area contributed by atoms with Gasteiger partial charge in [-0.15, -0.1) is 0 Å². The normalized spacial score (nSPS) is 15.0. The van der Waals surface area contributed by atoms with E-state index in [0.29, 0.717) is 24.9 Å².